The second-order valence-corrected chi connectivity index (χ2v) is 4.67. The summed E-state index contributed by atoms with van der Waals surface area (Å²) in [5.41, 5.74) is 6.95. The van der Waals surface area contributed by atoms with Crippen molar-refractivity contribution < 1.29 is 0 Å². The molecule has 0 aromatic heterocycles. The summed E-state index contributed by atoms with van der Waals surface area (Å²) in [6, 6.07) is 5.89. The van der Waals surface area contributed by atoms with Gasteiger partial charge in [-0.25, -0.2) is 0 Å². The Balaban J connectivity index is 2.20. The highest BCUT2D eigenvalue weighted by Gasteiger charge is 2.30. The van der Waals surface area contributed by atoms with E-state index in [2.05, 4.69) is 6.07 Å². The Labute approximate surface area is 94.2 Å². The van der Waals surface area contributed by atoms with Crippen molar-refractivity contribution in [2.45, 2.75) is 18.8 Å². The maximum atomic E-state index is 5.97. The summed E-state index contributed by atoms with van der Waals surface area (Å²) in [6.45, 7) is 0.769. The smallest absolute Gasteiger partial charge is 0.0595 e. The minimum atomic E-state index is 0.592. The predicted octanol–water partition coefficient (Wildman–Crippen LogP) is 3.45. The first-order valence-electron chi connectivity index (χ1n) is 4.87. The molecule has 1 aliphatic rings. The molecule has 14 heavy (non-hydrogen) atoms. The van der Waals surface area contributed by atoms with Crippen molar-refractivity contribution in [3.63, 3.8) is 0 Å². The molecule has 1 saturated carbocycles. The van der Waals surface area contributed by atoms with Gasteiger partial charge in [-0.3, -0.25) is 0 Å². The van der Waals surface area contributed by atoms with Crippen molar-refractivity contribution in [2.75, 3.05) is 6.54 Å². The van der Waals surface area contributed by atoms with Crippen molar-refractivity contribution in [1.82, 2.24) is 0 Å². The molecule has 0 saturated heterocycles. The van der Waals surface area contributed by atoms with E-state index in [1.54, 1.807) is 0 Å². The van der Waals surface area contributed by atoms with Crippen LogP contribution in [0.25, 0.3) is 0 Å². The van der Waals surface area contributed by atoms with Crippen molar-refractivity contribution in [1.29, 1.82) is 0 Å². The molecule has 1 aromatic rings. The Hall–Kier alpha value is -0.240. The molecular weight excluding hydrogens is 217 g/mol. The van der Waals surface area contributed by atoms with E-state index in [-0.39, 0.29) is 0 Å². The van der Waals surface area contributed by atoms with Crippen LogP contribution in [0.3, 0.4) is 0 Å². The Morgan fingerprint density at radius 2 is 2.00 bits per heavy atom. The molecule has 3 heteroatoms. The van der Waals surface area contributed by atoms with Gasteiger partial charge in [-0.1, -0.05) is 29.3 Å². The zero-order chi connectivity index (χ0) is 10.1. The van der Waals surface area contributed by atoms with Gasteiger partial charge in [-0.2, -0.15) is 0 Å². The summed E-state index contributed by atoms with van der Waals surface area (Å²) in [7, 11) is 0. The number of hydrogen-bond acceptors (Lipinski definition) is 1. The number of halogens is 2. The molecule has 0 amide bonds. The molecule has 2 unspecified atom stereocenters. The van der Waals surface area contributed by atoms with Gasteiger partial charge in [0.2, 0.25) is 0 Å². The van der Waals surface area contributed by atoms with Gasteiger partial charge in [0, 0.05) is 0 Å². The van der Waals surface area contributed by atoms with E-state index < -0.39 is 0 Å². The first kappa shape index (κ1) is 10.3. The van der Waals surface area contributed by atoms with Crippen LogP contribution in [0.4, 0.5) is 0 Å². The monoisotopic (exact) mass is 229 g/mol. The highest BCUT2D eigenvalue weighted by molar-refractivity contribution is 6.42. The average molecular weight is 230 g/mol. The normalized spacial score (nSPS) is 25.9. The average Bonchev–Trinajstić information content (AvgIpc) is 2.10. The third-order valence-electron chi connectivity index (χ3n) is 3.09. The van der Waals surface area contributed by atoms with Crippen LogP contribution >= 0.6 is 23.2 Å². The number of benzene rings is 1. The third-order valence-corrected chi connectivity index (χ3v) is 3.83. The molecule has 1 nitrogen and oxygen atoms in total. The molecule has 2 N–H and O–H groups in total. The lowest BCUT2D eigenvalue weighted by Crippen LogP contribution is -2.30. The van der Waals surface area contributed by atoms with E-state index in [0.29, 0.717) is 21.9 Å². The van der Waals surface area contributed by atoms with E-state index >= 15 is 0 Å². The minimum Gasteiger partial charge on any atom is -0.330 e. The summed E-state index contributed by atoms with van der Waals surface area (Å²) in [4.78, 5) is 0. The Morgan fingerprint density at radius 3 is 2.50 bits per heavy atom. The molecule has 0 radical (unpaired) electrons. The summed E-state index contributed by atoms with van der Waals surface area (Å²) >= 11 is 11.8. The molecule has 1 fully saturated rings. The minimum absolute atomic E-state index is 0.592. The van der Waals surface area contributed by atoms with E-state index in [9.17, 15) is 0 Å². The fraction of sp³-hybridized carbons (Fsp3) is 0.455. The highest BCUT2D eigenvalue weighted by atomic mass is 35.5. The maximum Gasteiger partial charge on any atom is 0.0595 e. The van der Waals surface area contributed by atoms with Gasteiger partial charge in [0.05, 0.1) is 10.0 Å². The van der Waals surface area contributed by atoms with Crippen LogP contribution in [0.5, 0.6) is 0 Å². The molecule has 1 aromatic carbocycles. The van der Waals surface area contributed by atoms with Crippen LogP contribution in [-0.2, 0) is 0 Å². The van der Waals surface area contributed by atoms with Crippen LogP contribution in [-0.4, -0.2) is 6.54 Å². The fourth-order valence-electron chi connectivity index (χ4n) is 2.03. The summed E-state index contributed by atoms with van der Waals surface area (Å²) in [5.74, 6) is 1.22. The third kappa shape index (κ3) is 1.77. The van der Waals surface area contributed by atoms with Gasteiger partial charge in [-0.05, 0) is 48.9 Å². The standard InChI is InChI=1S/C11H13Cl2N/c12-10-4-2-7(5-11(10)13)9-3-1-8(9)6-14/h2,4-5,8-9H,1,3,6,14H2. The van der Waals surface area contributed by atoms with Gasteiger partial charge >= 0.3 is 0 Å². The van der Waals surface area contributed by atoms with Gasteiger partial charge in [0.25, 0.3) is 0 Å². The first-order chi connectivity index (χ1) is 6.72. The molecule has 0 bridgehead atoms. The topological polar surface area (TPSA) is 26.0 Å². The van der Waals surface area contributed by atoms with E-state index in [1.807, 2.05) is 12.1 Å². The molecule has 0 heterocycles. The van der Waals surface area contributed by atoms with E-state index in [1.165, 1.54) is 18.4 Å². The molecular formula is C11H13Cl2N. The zero-order valence-electron chi connectivity index (χ0n) is 7.84. The maximum absolute atomic E-state index is 5.97. The molecule has 2 rings (SSSR count). The van der Waals surface area contributed by atoms with Crippen molar-refractivity contribution in [2.24, 2.45) is 11.7 Å². The van der Waals surface area contributed by atoms with Gasteiger partial charge in [-0.15, -0.1) is 0 Å². The van der Waals surface area contributed by atoms with Crippen molar-refractivity contribution in [3.8, 4) is 0 Å². The van der Waals surface area contributed by atoms with E-state index in [4.69, 9.17) is 28.9 Å². The van der Waals surface area contributed by atoms with E-state index in [0.717, 1.165) is 6.54 Å². The molecule has 76 valence electrons. The van der Waals surface area contributed by atoms with Gasteiger partial charge < -0.3 is 5.73 Å². The van der Waals surface area contributed by atoms with Crippen LogP contribution in [0.1, 0.15) is 24.3 Å². The predicted molar refractivity (Wildman–Crippen MR) is 61.0 cm³/mol. The molecule has 0 aliphatic heterocycles. The summed E-state index contributed by atoms with van der Waals surface area (Å²) < 4.78 is 0. The highest BCUT2D eigenvalue weighted by Crippen LogP contribution is 2.42. The Bertz CT molecular complexity index is 336. The fourth-order valence-corrected chi connectivity index (χ4v) is 2.34. The second kappa shape index (κ2) is 4.09. The summed E-state index contributed by atoms with van der Waals surface area (Å²) in [5, 5.41) is 1.27. The number of rotatable bonds is 2. The van der Waals surface area contributed by atoms with Gasteiger partial charge in [0.1, 0.15) is 0 Å². The molecule has 2 atom stereocenters. The van der Waals surface area contributed by atoms with Crippen LogP contribution in [0, 0.1) is 5.92 Å². The summed E-state index contributed by atoms with van der Waals surface area (Å²) in [6.07, 6.45) is 2.46. The van der Waals surface area contributed by atoms with Crippen LogP contribution < -0.4 is 5.73 Å². The van der Waals surface area contributed by atoms with Crippen molar-refractivity contribution >= 4 is 23.2 Å². The van der Waals surface area contributed by atoms with Crippen LogP contribution in [0.15, 0.2) is 18.2 Å². The molecule has 0 spiro atoms. The second-order valence-electron chi connectivity index (χ2n) is 3.85. The van der Waals surface area contributed by atoms with Gasteiger partial charge in [0.15, 0.2) is 0 Å². The zero-order valence-corrected chi connectivity index (χ0v) is 9.35. The number of nitrogens with two attached hydrogens (primary N) is 1. The lowest BCUT2D eigenvalue weighted by atomic mass is 9.70. The Morgan fingerprint density at radius 1 is 1.21 bits per heavy atom. The quantitative estimate of drug-likeness (QED) is 0.827. The number of hydrogen-bond donors (Lipinski definition) is 1. The largest absolute Gasteiger partial charge is 0.330 e. The SMILES string of the molecule is NCC1CCC1c1ccc(Cl)c(Cl)c1. The first-order valence-corrected chi connectivity index (χ1v) is 5.63. The lowest BCUT2D eigenvalue weighted by molar-refractivity contribution is 0.263. The molecule has 1 aliphatic carbocycles. The van der Waals surface area contributed by atoms with Crippen molar-refractivity contribution in [3.05, 3.63) is 33.8 Å². The van der Waals surface area contributed by atoms with Crippen LogP contribution in [0.2, 0.25) is 10.0 Å². The Kier molecular flexibility index (Phi) is 3.01. The lowest BCUT2D eigenvalue weighted by Gasteiger charge is -2.36.